The molecule has 2 aromatic rings. The summed E-state index contributed by atoms with van der Waals surface area (Å²) in [5.74, 6) is -0.234. The molecule has 8 nitrogen and oxygen atoms in total. The van der Waals surface area contributed by atoms with Gasteiger partial charge in [-0.25, -0.2) is 13.1 Å². The van der Waals surface area contributed by atoms with Crippen molar-refractivity contribution in [2.24, 2.45) is 7.05 Å². The van der Waals surface area contributed by atoms with Crippen LogP contribution in [0.15, 0.2) is 35.5 Å². The smallest absolute Gasteiger partial charge is 0.251 e. The Labute approximate surface area is 158 Å². The molecule has 0 radical (unpaired) electrons. The maximum absolute atomic E-state index is 13.0. The van der Waals surface area contributed by atoms with E-state index in [2.05, 4.69) is 15.1 Å². The summed E-state index contributed by atoms with van der Waals surface area (Å²) in [4.78, 5) is 12.1. The second-order valence-corrected chi connectivity index (χ2v) is 8.65. The number of carbonyl (C=O) groups is 1. The van der Waals surface area contributed by atoms with E-state index < -0.39 is 16.1 Å². The fraction of sp³-hybridized carbons (Fsp3) is 0.444. The average Bonchev–Trinajstić information content (AvgIpc) is 3.08. The third-order valence-corrected chi connectivity index (χ3v) is 6.49. The molecule has 1 saturated heterocycles. The number of fused-ring (bicyclic) bond motifs is 1. The highest BCUT2D eigenvalue weighted by atomic mass is 32.2. The van der Waals surface area contributed by atoms with Crippen LogP contribution in [0.3, 0.4) is 0 Å². The first-order chi connectivity index (χ1) is 12.9. The maximum Gasteiger partial charge on any atom is 0.251 e. The predicted molar refractivity (Wildman–Crippen MR) is 97.7 cm³/mol. The van der Waals surface area contributed by atoms with Gasteiger partial charge in [-0.3, -0.25) is 9.48 Å². The Morgan fingerprint density at radius 3 is 3.00 bits per heavy atom. The lowest BCUT2D eigenvalue weighted by atomic mass is 9.99. The SMILES string of the molecule is Cn1cc([C@H]2OCCC[C@@H]2NS(=O)(=O)c2ccc3c(c2)C(=O)NCC3)cn1. The largest absolute Gasteiger partial charge is 0.372 e. The molecule has 2 aliphatic rings. The summed E-state index contributed by atoms with van der Waals surface area (Å²) in [6.07, 6.45) is 5.29. The highest BCUT2D eigenvalue weighted by molar-refractivity contribution is 7.89. The summed E-state index contributed by atoms with van der Waals surface area (Å²) < 4.78 is 36.2. The molecule has 27 heavy (non-hydrogen) atoms. The normalized spacial score (nSPS) is 22.9. The van der Waals surface area contributed by atoms with Crippen LogP contribution in [0, 0.1) is 0 Å². The van der Waals surface area contributed by atoms with Gasteiger partial charge in [-0.15, -0.1) is 0 Å². The Balaban J connectivity index is 1.60. The molecule has 1 aromatic heterocycles. The van der Waals surface area contributed by atoms with Crippen molar-refractivity contribution >= 4 is 15.9 Å². The number of carbonyl (C=O) groups excluding carboxylic acids is 1. The van der Waals surface area contributed by atoms with Crippen LogP contribution in [0.4, 0.5) is 0 Å². The van der Waals surface area contributed by atoms with E-state index in [1.807, 2.05) is 13.2 Å². The minimum Gasteiger partial charge on any atom is -0.372 e. The van der Waals surface area contributed by atoms with E-state index in [9.17, 15) is 13.2 Å². The van der Waals surface area contributed by atoms with Gasteiger partial charge >= 0.3 is 0 Å². The zero-order valence-electron chi connectivity index (χ0n) is 15.0. The van der Waals surface area contributed by atoms with Crippen molar-refractivity contribution in [3.8, 4) is 0 Å². The van der Waals surface area contributed by atoms with Gasteiger partial charge in [0.1, 0.15) is 6.10 Å². The minimum atomic E-state index is -3.79. The van der Waals surface area contributed by atoms with Gasteiger partial charge in [0.05, 0.1) is 17.1 Å². The van der Waals surface area contributed by atoms with Crippen molar-refractivity contribution in [3.05, 3.63) is 47.3 Å². The van der Waals surface area contributed by atoms with Gasteiger partial charge in [-0.05, 0) is 37.0 Å². The Kier molecular flexibility index (Phi) is 4.75. The van der Waals surface area contributed by atoms with Crippen LogP contribution < -0.4 is 10.0 Å². The molecule has 2 aliphatic heterocycles. The molecular weight excluding hydrogens is 368 g/mol. The topological polar surface area (TPSA) is 102 Å². The van der Waals surface area contributed by atoms with Crippen LogP contribution in [0.5, 0.6) is 0 Å². The Morgan fingerprint density at radius 2 is 2.22 bits per heavy atom. The average molecular weight is 390 g/mol. The summed E-state index contributed by atoms with van der Waals surface area (Å²) in [5, 5.41) is 6.90. The Hall–Kier alpha value is -2.23. The molecule has 0 unspecified atom stereocenters. The summed E-state index contributed by atoms with van der Waals surface area (Å²) in [7, 11) is -1.98. The van der Waals surface area contributed by atoms with Crippen LogP contribution in [-0.4, -0.2) is 43.3 Å². The number of nitrogens with one attached hydrogen (secondary N) is 2. The maximum atomic E-state index is 13.0. The second-order valence-electron chi connectivity index (χ2n) is 6.93. The molecule has 3 heterocycles. The molecule has 1 aromatic carbocycles. The highest BCUT2D eigenvalue weighted by Gasteiger charge is 2.33. The van der Waals surface area contributed by atoms with E-state index in [4.69, 9.17) is 4.74 Å². The van der Waals surface area contributed by atoms with E-state index in [0.717, 1.165) is 17.5 Å². The third-order valence-electron chi connectivity index (χ3n) is 5.00. The molecule has 2 atom stereocenters. The predicted octanol–water partition coefficient (Wildman–Crippen LogP) is 0.905. The molecule has 1 fully saturated rings. The van der Waals surface area contributed by atoms with Crippen molar-refractivity contribution in [1.82, 2.24) is 19.8 Å². The zero-order valence-corrected chi connectivity index (χ0v) is 15.8. The van der Waals surface area contributed by atoms with E-state index in [0.29, 0.717) is 31.6 Å². The van der Waals surface area contributed by atoms with Gasteiger partial charge in [0, 0.05) is 37.5 Å². The minimum absolute atomic E-state index is 0.0915. The third kappa shape index (κ3) is 3.62. The summed E-state index contributed by atoms with van der Waals surface area (Å²) >= 11 is 0. The van der Waals surface area contributed by atoms with E-state index in [1.165, 1.54) is 6.07 Å². The molecule has 4 rings (SSSR count). The van der Waals surface area contributed by atoms with Crippen molar-refractivity contribution in [3.63, 3.8) is 0 Å². The van der Waals surface area contributed by atoms with Gasteiger partial charge in [0.25, 0.3) is 5.91 Å². The van der Waals surface area contributed by atoms with Crippen molar-refractivity contribution in [2.75, 3.05) is 13.2 Å². The number of benzene rings is 1. The van der Waals surface area contributed by atoms with Crippen molar-refractivity contribution in [1.29, 1.82) is 0 Å². The van der Waals surface area contributed by atoms with Crippen LogP contribution in [0.1, 0.15) is 40.4 Å². The van der Waals surface area contributed by atoms with E-state index >= 15 is 0 Å². The number of aryl methyl sites for hydroxylation is 1. The lowest BCUT2D eigenvalue weighted by molar-refractivity contribution is -0.00446. The van der Waals surface area contributed by atoms with Gasteiger partial charge in [-0.1, -0.05) is 6.07 Å². The molecular formula is C18H22N4O4S. The lowest BCUT2D eigenvalue weighted by Crippen LogP contribution is -2.42. The van der Waals surface area contributed by atoms with E-state index in [-0.39, 0.29) is 16.9 Å². The fourth-order valence-corrected chi connectivity index (χ4v) is 4.94. The van der Waals surface area contributed by atoms with Crippen LogP contribution >= 0.6 is 0 Å². The summed E-state index contributed by atoms with van der Waals surface area (Å²) in [5.41, 5.74) is 2.13. The fourth-order valence-electron chi connectivity index (χ4n) is 3.64. The lowest BCUT2D eigenvalue weighted by Gasteiger charge is -2.31. The standard InChI is InChI=1S/C18H22N4O4S/c1-22-11-13(10-20-22)17-16(3-2-8-26-17)21-27(24,25)14-5-4-12-6-7-19-18(23)15(12)9-14/h4-5,9-11,16-17,21H,2-3,6-8H2,1H3,(H,19,23)/t16-,17+/m0/s1. The quantitative estimate of drug-likeness (QED) is 0.808. The van der Waals surface area contributed by atoms with E-state index in [1.54, 1.807) is 23.0 Å². The Morgan fingerprint density at radius 1 is 1.37 bits per heavy atom. The molecule has 0 aliphatic carbocycles. The summed E-state index contributed by atoms with van der Waals surface area (Å²) in [6, 6.07) is 4.34. The molecule has 2 N–H and O–H groups in total. The zero-order chi connectivity index (χ0) is 19.0. The van der Waals surface area contributed by atoms with Gasteiger partial charge in [0.2, 0.25) is 10.0 Å². The molecule has 0 spiro atoms. The Bertz CT molecular complexity index is 969. The van der Waals surface area contributed by atoms with Crippen LogP contribution in [0.25, 0.3) is 0 Å². The monoisotopic (exact) mass is 390 g/mol. The molecule has 0 saturated carbocycles. The molecule has 1 amide bonds. The first-order valence-electron chi connectivity index (χ1n) is 8.98. The number of rotatable bonds is 4. The van der Waals surface area contributed by atoms with Gasteiger partial charge < -0.3 is 10.1 Å². The molecule has 0 bridgehead atoms. The number of nitrogens with zero attached hydrogens (tertiary/aromatic N) is 2. The van der Waals surface area contributed by atoms with Crippen molar-refractivity contribution in [2.45, 2.75) is 36.3 Å². The highest BCUT2D eigenvalue weighted by Crippen LogP contribution is 2.29. The number of hydrogen-bond acceptors (Lipinski definition) is 5. The van der Waals surface area contributed by atoms with Crippen LogP contribution in [-0.2, 0) is 28.2 Å². The van der Waals surface area contributed by atoms with Gasteiger partial charge in [0.15, 0.2) is 0 Å². The van der Waals surface area contributed by atoms with Crippen molar-refractivity contribution < 1.29 is 17.9 Å². The number of sulfonamides is 1. The van der Waals surface area contributed by atoms with Crippen LogP contribution in [0.2, 0.25) is 0 Å². The summed E-state index contributed by atoms with van der Waals surface area (Å²) in [6.45, 7) is 1.15. The number of hydrogen-bond donors (Lipinski definition) is 2. The number of ether oxygens (including phenoxy) is 1. The first-order valence-corrected chi connectivity index (χ1v) is 10.5. The number of aromatic nitrogens is 2. The first kappa shape index (κ1) is 18.1. The van der Waals surface area contributed by atoms with Gasteiger partial charge in [-0.2, -0.15) is 5.10 Å². The number of amides is 1. The molecule has 9 heteroatoms. The molecule has 144 valence electrons. The second kappa shape index (κ2) is 7.06.